The van der Waals surface area contributed by atoms with Gasteiger partial charge in [-0.3, -0.25) is 4.90 Å². The van der Waals surface area contributed by atoms with Gasteiger partial charge in [-0.1, -0.05) is 30.3 Å². The van der Waals surface area contributed by atoms with E-state index in [9.17, 15) is 5.11 Å². The maximum absolute atomic E-state index is 9.78. The first kappa shape index (κ1) is 12.2. The highest BCUT2D eigenvalue weighted by molar-refractivity contribution is 5.16. The zero-order chi connectivity index (χ0) is 12.6. The quantitative estimate of drug-likeness (QED) is 0.868. The largest absolute Gasteiger partial charge is 0.396 e. The minimum Gasteiger partial charge on any atom is -0.396 e. The second-order valence-electron chi connectivity index (χ2n) is 5.94. The zero-order valence-corrected chi connectivity index (χ0v) is 11.0. The van der Waals surface area contributed by atoms with E-state index in [0.29, 0.717) is 12.6 Å². The maximum atomic E-state index is 9.78. The zero-order valence-electron chi connectivity index (χ0n) is 11.0. The Balaban J connectivity index is 1.75. The molecule has 0 radical (unpaired) electrons. The van der Waals surface area contributed by atoms with Crippen molar-refractivity contribution in [2.45, 2.75) is 19.0 Å². The summed E-state index contributed by atoms with van der Waals surface area (Å²) in [4.78, 5) is 4.91. The predicted molar refractivity (Wildman–Crippen MR) is 72.3 cm³/mol. The first-order chi connectivity index (χ1) is 8.73. The lowest BCUT2D eigenvalue weighted by Crippen LogP contribution is -2.40. The van der Waals surface area contributed by atoms with E-state index in [1.54, 1.807) is 0 Å². The van der Waals surface area contributed by atoms with Crippen LogP contribution in [0.25, 0.3) is 0 Å². The average Bonchev–Trinajstić information content (AvgIpc) is 2.88. The molecule has 0 amide bonds. The van der Waals surface area contributed by atoms with Gasteiger partial charge in [-0.2, -0.15) is 0 Å². The number of rotatable bonds is 3. The lowest BCUT2D eigenvalue weighted by molar-refractivity contribution is 0.108. The Kier molecular flexibility index (Phi) is 3.14. The van der Waals surface area contributed by atoms with Crippen LogP contribution in [0.2, 0.25) is 0 Å². The van der Waals surface area contributed by atoms with Crippen molar-refractivity contribution in [1.82, 2.24) is 9.80 Å². The molecule has 3 heteroatoms. The number of hydrogen-bond donors (Lipinski definition) is 1. The molecule has 2 atom stereocenters. The number of aliphatic hydroxyl groups is 1. The first-order valence-electron chi connectivity index (χ1n) is 6.81. The third-order valence-electron chi connectivity index (χ3n) is 4.66. The van der Waals surface area contributed by atoms with Crippen LogP contribution in [0.4, 0.5) is 0 Å². The van der Waals surface area contributed by atoms with Crippen molar-refractivity contribution in [3.63, 3.8) is 0 Å². The van der Waals surface area contributed by atoms with Gasteiger partial charge >= 0.3 is 0 Å². The fourth-order valence-corrected chi connectivity index (χ4v) is 3.71. The van der Waals surface area contributed by atoms with Crippen molar-refractivity contribution in [3.05, 3.63) is 35.9 Å². The fourth-order valence-electron chi connectivity index (χ4n) is 3.71. The molecule has 2 unspecified atom stereocenters. The molecule has 98 valence electrons. The molecule has 3 rings (SSSR count). The summed E-state index contributed by atoms with van der Waals surface area (Å²) in [5.74, 6) is 0. The van der Waals surface area contributed by atoms with Crippen LogP contribution in [0.1, 0.15) is 12.0 Å². The van der Waals surface area contributed by atoms with Gasteiger partial charge in [0.25, 0.3) is 0 Å². The van der Waals surface area contributed by atoms with Crippen molar-refractivity contribution in [2.24, 2.45) is 5.41 Å². The van der Waals surface area contributed by atoms with Gasteiger partial charge in [0.15, 0.2) is 0 Å². The van der Waals surface area contributed by atoms with Crippen LogP contribution in [-0.2, 0) is 6.54 Å². The molecule has 2 heterocycles. The third kappa shape index (κ3) is 1.96. The van der Waals surface area contributed by atoms with Crippen LogP contribution in [0.3, 0.4) is 0 Å². The molecule has 1 N–H and O–H groups in total. The first-order valence-corrected chi connectivity index (χ1v) is 6.81. The van der Waals surface area contributed by atoms with E-state index < -0.39 is 0 Å². The average molecular weight is 246 g/mol. The van der Waals surface area contributed by atoms with Crippen molar-refractivity contribution >= 4 is 0 Å². The van der Waals surface area contributed by atoms with Gasteiger partial charge in [0, 0.05) is 31.1 Å². The molecule has 0 spiro atoms. The van der Waals surface area contributed by atoms with Crippen LogP contribution >= 0.6 is 0 Å². The standard InChI is InChI=1S/C15H22N2O/c1-16-10-14-15(11-16,12-18)7-8-17(14)9-13-5-3-2-4-6-13/h2-6,14,18H,7-12H2,1H3. The van der Waals surface area contributed by atoms with Gasteiger partial charge in [0.1, 0.15) is 0 Å². The summed E-state index contributed by atoms with van der Waals surface area (Å²) in [6.45, 7) is 4.59. The molecule has 2 aliphatic heterocycles. The van der Waals surface area contributed by atoms with Gasteiger partial charge in [0.2, 0.25) is 0 Å². The molecule has 0 saturated carbocycles. The number of nitrogens with zero attached hydrogens (tertiary/aromatic N) is 2. The fraction of sp³-hybridized carbons (Fsp3) is 0.600. The number of likely N-dealkylation sites (tertiary alicyclic amines) is 2. The van der Waals surface area contributed by atoms with Crippen molar-refractivity contribution in [2.75, 3.05) is 33.3 Å². The molecular formula is C15H22N2O. The third-order valence-corrected chi connectivity index (χ3v) is 4.66. The second kappa shape index (κ2) is 4.65. The summed E-state index contributed by atoms with van der Waals surface area (Å²) in [7, 11) is 2.16. The van der Waals surface area contributed by atoms with Gasteiger partial charge < -0.3 is 10.0 Å². The summed E-state index contributed by atoms with van der Waals surface area (Å²) in [5.41, 5.74) is 1.50. The monoisotopic (exact) mass is 246 g/mol. The van der Waals surface area contributed by atoms with E-state index in [1.807, 2.05) is 0 Å². The summed E-state index contributed by atoms with van der Waals surface area (Å²) < 4.78 is 0. The molecule has 0 aromatic heterocycles. The van der Waals surface area contributed by atoms with E-state index in [2.05, 4.69) is 47.2 Å². The van der Waals surface area contributed by atoms with Gasteiger partial charge in [-0.25, -0.2) is 0 Å². The molecule has 3 nitrogen and oxygen atoms in total. The summed E-state index contributed by atoms with van der Waals surface area (Å²) >= 11 is 0. The molecule has 0 aliphatic carbocycles. The highest BCUT2D eigenvalue weighted by atomic mass is 16.3. The van der Waals surface area contributed by atoms with Gasteiger partial charge in [-0.15, -0.1) is 0 Å². The SMILES string of the molecule is CN1CC2N(Cc3ccccc3)CCC2(CO)C1. The lowest BCUT2D eigenvalue weighted by Gasteiger charge is -2.29. The van der Waals surface area contributed by atoms with E-state index in [-0.39, 0.29) is 5.41 Å². The van der Waals surface area contributed by atoms with Crippen molar-refractivity contribution in [1.29, 1.82) is 0 Å². The Morgan fingerprint density at radius 2 is 2.11 bits per heavy atom. The number of likely N-dealkylation sites (N-methyl/N-ethyl adjacent to an activating group) is 1. The molecule has 2 saturated heterocycles. The van der Waals surface area contributed by atoms with E-state index in [4.69, 9.17) is 0 Å². The maximum Gasteiger partial charge on any atom is 0.0515 e. The lowest BCUT2D eigenvalue weighted by atomic mass is 9.84. The molecule has 0 bridgehead atoms. The highest BCUT2D eigenvalue weighted by Gasteiger charge is 2.51. The summed E-state index contributed by atoms with van der Waals surface area (Å²) in [5, 5.41) is 9.78. The van der Waals surface area contributed by atoms with Crippen LogP contribution in [0, 0.1) is 5.41 Å². The van der Waals surface area contributed by atoms with E-state index in [0.717, 1.165) is 32.6 Å². The predicted octanol–water partition coefficient (Wildman–Crippen LogP) is 1.18. The smallest absolute Gasteiger partial charge is 0.0515 e. The molecule has 1 aromatic carbocycles. The van der Waals surface area contributed by atoms with Crippen LogP contribution in [0.5, 0.6) is 0 Å². The van der Waals surface area contributed by atoms with Crippen molar-refractivity contribution < 1.29 is 5.11 Å². The number of aliphatic hydroxyl groups excluding tert-OH is 1. The van der Waals surface area contributed by atoms with Crippen molar-refractivity contribution in [3.8, 4) is 0 Å². The Bertz CT molecular complexity index is 408. The minimum absolute atomic E-state index is 0.129. The van der Waals surface area contributed by atoms with Crippen LogP contribution < -0.4 is 0 Å². The Morgan fingerprint density at radius 1 is 1.33 bits per heavy atom. The van der Waals surface area contributed by atoms with E-state index in [1.165, 1.54) is 5.56 Å². The number of fused-ring (bicyclic) bond motifs is 1. The van der Waals surface area contributed by atoms with Crippen LogP contribution in [0.15, 0.2) is 30.3 Å². The molecule has 1 aromatic rings. The van der Waals surface area contributed by atoms with E-state index >= 15 is 0 Å². The normalized spacial score (nSPS) is 32.9. The second-order valence-corrected chi connectivity index (χ2v) is 5.94. The molecular weight excluding hydrogens is 224 g/mol. The molecule has 2 fully saturated rings. The van der Waals surface area contributed by atoms with Gasteiger partial charge in [0.05, 0.1) is 6.61 Å². The Morgan fingerprint density at radius 3 is 2.83 bits per heavy atom. The minimum atomic E-state index is 0.129. The summed E-state index contributed by atoms with van der Waals surface area (Å²) in [6, 6.07) is 11.2. The van der Waals surface area contributed by atoms with Crippen LogP contribution in [-0.4, -0.2) is 54.2 Å². The molecule has 18 heavy (non-hydrogen) atoms. The van der Waals surface area contributed by atoms with Gasteiger partial charge in [-0.05, 0) is 25.6 Å². The summed E-state index contributed by atoms with van der Waals surface area (Å²) in [6.07, 6.45) is 1.13. The highest BCUT2D eigenvalue weighted by Crippen LogP contribution is 2.42. The Hall–Kier alpha value is -0.900. The molecule has 2 aliphatic rings. The topological polar surface area (TPSA) is 26.7 Å². The number of hydrogen-bond acceptors (Lipinski definition) is 3. The Labute approximate surface area is 109 Å². The number of benzene rings is 1.